The summed E-state index contributed by atoms with van der Waals surface area (Å²) in [5.41, 5.74) is 0. The van der Waals surface area contributed by atoms with Gasteiger partial charge in [-0.15, -0.1) is 0 Å². The molecule has 8 nitrogen and oxygen atoms in total. The molecular weight excluding hydrogens is 675 g/mol. The quantitative estimate of drug-likeness (QED) is 0.0212. The molecule has 0 aromatic heterocycles. The Labute approximate surface area is 317 Å². The summed E-state index contributed by atoms with van der Waals surface area (Å²) in [7, 11) is -4.76. The van der Waals surface area contributed by atoms with E-state index in [2.05, 4.69) is 48.8 Å². The number of ether oxygens (including phenoxy) is 2. The number of carbonyl (C=O) groups is 2. The summed E-state index contributed by atoms with van der Waals surface area (Å²) in [5.74, 6) is -0.916. The van der Waals surface area contributed by atoms with Gasteiger partial charge in [-0.1, -0.05) is 171 Å². The van der Waals surface area contributed by atoms with Crippen molar-refractivity contribution in [2.45, 2.75) is 187 Å². The fraction of sp³-hybridized carbons (Fsp3) is 0.721. The summed E-state index contributed by atoms with van der Waals surface area (Å²) in [6.45, 7) is 3.52. The molecule has 0 radical (unpaired) electrons. The number of esters is 2. The Morgan fingerprint density at radius 1 is 0.519 bits per heavy atom. The standard InChI is InChI=1S/C43H75O8P/c1-3-5-7-9-11-13-15-17-19-20-21-22-24-26-28-30-32-34-36-38-43(45)51-41(40-50-52(46,47)48)39-49-42(44)37-35-33-31-29-27-25-23-18-16-14-12-10-8-6-4-2/h6,8,10,12,14,16-19,23,41H,3-5,7,9,11,13,15,20-22,24-40H2,1-2H3,(H2,46,47,48)/b8-6+,12-10+,16-14+,19-17+,23-18+/t41-/m1/s1. The molecule has 9 heteroatoms. The van der Waals surface area contributed by atoms with E-state index in [9.17, 15) is 14.2 Å². The van der Waals surface area contributed by atoms with Gasteiger partial charge in [0.05, 0.1) is 6.61 Å². The Kier molecular flexibility index (Phi) is 36.8. The molecule has 0 aliphatic carbocycles. The highest BCUT2D eigenvalue weighted by atomic mass is 31.2. The molecule has 0 rings (SSSR count). The van der Waals surface area contributed by atoms with E-state index in [1.54, 1.807) is 0 Å². The summed E-state index contributed by atoms with van der Waals surface area (Å²) in [5, 5.41) is 0. The molecule has 0 spiro atoms. The summed E-state index contributed by atoms with van der Waals surface area (Å²) in [6, 6.07) is 0. The first kappa shape index (κ1) is 49.8. The third-order valence-corrected chi connectivity index (χ3v) is 9.10. The average molecular weight is 751 g/mol. The molecule has 300 valence electrons. The largest absolute Gasteiger partial charge is 0.469 e. The molecule has 0 saturated heterocycles. The van der Waals surface area contributed by atoms with Crippen LogP contribution < -0.4 is 0 Å². The SMILES string of the molecule is CC/C=C/C=C/C=C/C=C/CCCCCCCC(=O)OC[C@H](COP(=O)(O)O)OC(=O)CCCCCCCCCCC/C=C/CCCCCCCC. The zero-order valence-corrected chi connectivity index (χ0v) is 33.8. The van der Waals surface area contributed by atoms with Gasteiger partial charge >= 0.3 is 19.8 Å². The van der Waals surface area contributed by atoms with Gasteiger partial charge in [-0.25, -0.2) is 4.57 Å². The lowest BCUT2D eigenvalue weighted by atomic mass is 10.1. The highest BCUT2D eigenvalue weighted by Gasteiger charge is 2.22. The molecular formula is C43H75O8P. The maximum atomic E-state index is 12.4. The average Bonchev–Trinajstić information content (AvgIpc) is 3.11. The molecule has 0 heterocycles. The van der Waals surface area contributed by atoms with Crippen molar-refractivity contribution >= 4 is 19.8 Å². The van der Waals surface area contributed by atoms with Crippen LogP contribution in [0, 0.1) is 0 Å². The van der Waals surface area contributed by atoms with Crippen LogP contribution in [-0.2, 0) is 28.2 Å². The normalized spacial score (nSPS) is 13.1. The Morgan fingerprint density at radius 3 is 1.44 bits per heavy atom. The number of phosphoric ester groups is 1. The van der Waals surface area contributed by atoms with Gasteiger partial charge in [0.15, 0.2) is 6.10 Å². The highest BCUT2D eigenvalue weighted by Crippen LogP contribution is 2.36. The lowest BCUT2D eigenvalue weighted by Gasteiger charge is -2.18. The van der Waals surface area contributed by atoms with Gasteiger partial charge in [0.25, 0.3) is 0 Å². The molecule has 2 N–H and O–H groups in total. The fourth-order valence-corrected chi connectivity index (χ4v) is 5.91. The van der Waals surface area contributed by atoms with Crippen molar-refractivity contribution in [3.63, 3.8) is 0 Å². The summed E-state index contributed by atoms with van der Waals surface area (Å²) in [4.78, 5) is 42.8. The minimum Gasteiger partial charge on any atom is -0.462 e. The minimum atomic E-state index is -4.76. The third kappa shape index (κ3) is 40.5. The van der Waals surface area contributed by atoms with Crippen molar-refractivity contribution in [2.24, 2.45) is 0 Å². The Bertz CT molecular complexity index is 1030. The number of allylic oxidation sites excluding steroid dienone is 10. The van der Waals surface area contributed by atoms with Crippen molar-refractivity contribution in [2.75, 3.05) is 13.2 Å². The van der Waals surface area contributed by atoms with Crippen LogP contribution in [0.25, 0.3) is 0 Å². The van der Waals surface area contributed by atoms with E-state index in [-0.39, 0.29) is 19.4 Å². The number of carbonyl (C=O) groups excluding carboxylic acids is 2. The first-order valence-corrected chi connectivity index (χ1v) is 22.2. The molecule has 0 unspecified atom stereocenters. The topological polar surface area (TPSA) is 119 Å². The fourth-order valence-electron chi connectivity index (χ4n) is 5.55. The molecule has 0 aromatic carbocycles. The second kappa shape index (κ2) is 38.5. The number of rotatable bonds is 37. The molecule has 0 saturated carbocycles. The molecule has 1 atom stereocenters. The van der Waals surface area contributed by atoms with Crippen LogP contribution in [0.5, 0.6) is 0 Å². The van der Waals surface area contributed by atoms with Crippen molar-refractivity contribution < 1.29 is 37.9 Å². The summed E-state index contributed by atoms with van der Waals surface area (Å²) in [6.07, 6.45) is 48.0. The zero-order chi connectivity index (χ0) is 38.2. The van der Waals surface area contributed by atoms with Crippen LogP contribution in [0.1, 0.15) is 181 Å². The van der Waals surface area contributed by atoms with E-state index < -0.39 is 32.5 Å². The van der Waals surface area contributed by atoms with E-state index in [1.165, 1.54) is 83.5 Å². The van der Waals surface area contributed by atoms with Crippen molar-refractivity contribution in [3.8, 4) is 0 Å². The van der Waals surface area contributed by atoms with E-state index in [4.69, 9.17) is 19.3 Å². The van der Waals surface area contributed by atoms with Gasteiger partial charge in [0, 0.05) is 12.8 Å². The van der Waals surface area contributed by atoms with Gasteiger partial charge in [-0.05, 0) is 57.8 Å². The predicted octanol–water partition coefficient (Wildman–Crippen LogP) is 12.5. The third-order valence-electron chi connectivity index (χ3n) is 8.61. The molecule has 0 aliphatic rings. The minimum absolute atomic E-state index is 0.202. The van der Waals surface area contributed by atoms with Gasteiger partial charge in [0.2, 0.25) is 0 Å². The first-order valence-electron chi connectivity index (χ1n) is 20.6. The first-order chi connectivity index (χ1) is 25.3. The van der Waals surface area contributed by atoms with Gasteiger partial charge in [-0.2, -0.15) is 0 Å². The highest BCUT2D eigenvalue weighted by molar-refractivity contribution is 7.46. The summed E-state index contributed by atoms with van der Waals surface area (Å²) < 4.78 is 26.4. The lowest BCUT2D eigenvalue weighted by molar-refractivity contribution is -0.161. The van der Waals surface area contributed by atoms with Gasteiger partial charge < -0.3 is 19.3 Å². The second-order valence-corrected chi connectivity index (χ2v) is 14.9. The van der Waals surface area contributed by atoms with E-state index in [1.807, 2.05) is 30.4 Å². The van der Waals surface area contributed by atoms with Crippen LogP contribution in [0.4, 0.5) is 0 Å². The number of unbranched alkanes of at least 4 members (excludes halogenated alkanes) is 20. The Morgan fingerprint density at radius 2 is 0.942 bits per heavy atom. The van der Waals surface area contributed by atoms with Gasteiger partial charge in [0.1, 0.15) is 6.61 Å². The maximum Gasteiger partial charge on any atom is 0.469 e. The van der Waals surface area contributed by atoms with Crippen LogP contribution in [-0.4, -0.2) is 41.0 Å². The van der Waals surface area contributed by atoms with Crippen LogP contribution in [0.2, 0.25) is 0 Å². The Balaban J connectivity index is 3.96. The molecule has 0 aliphatic heterocycles. The van der Waals surface area contributed by atoms with Gasteiger partial charge in [-0.3, -0.25) is 14.1 Å². The predicted molar refractivity (Wildman–Crippen MR) is 216 cm³/mol. The molecule has 0 bridgehead atoms. The molecule has 52 heavy (non-hydrogen) atoms. The number of hydrogen-bond donors (Lipinski definition) is 2. The van der Waals surface area contributed by atoms with Crippen molar-refractivity contribution in [1.82, 2.24) is 0 Å². The molecule has 0 aromatic rings. The van der Waals surface area contributed by atoms with Crippen molar-refractivity contribution in [1.29, 1.82) is 0 Å². The second-order valence-electron chi connectivity index (χ2n) is 13.7. The van der Waals surface area contributed by atoms with Crippen molar-refractivity contribution in [3.05, 3.63) is 60.8 Å². The Hall–Kier alpha value is -2.25. The van der Waals surface area contributed by atoms with E-state index in [0.717, 1.165) is 57.8 Å². The molecule has 0 amide bonds. The van der Waals surface area contributed by atoms with Crippen LogP contribution >= 0.6 is 7.82 Å². The summed E-state index contributed by atoms with van der Waals surface area (Å²) >= 11 is 0. The lowest BCUT2D eigenvalue weighted by Crippen LogP contribution is -2.29. The maximum absolute atomic E-state index is 12.4. The molecule has 0 fully saturated rings. The number of phosphoric acid groups is 1. The smallest absolute Gasteiger partial charge is 0.462 e. The van der Waals surface area contributed by atoms with Crippen LogP contribution in [0.3, 0.4) is 0 Å². The van der Waals surface area contributed by atoms with E-state index in [0.29, 0.717) is 12.8 Å². The van der Waals surface area contributed by atoms with E-state index >= 15 is 0 Å². The van der Waals surface area contributed by atoms with Crippen LogP contribution in [0.15, 0.2) is 60.8 Å². The number of hydrogen-bond acceptors (Lipinski definition) is 6. The zero-order valence-electron chi connectivity index (χ0n) is 32.9. The monoisotopic (exact) mass is 751 g/mol.